The van der Waals surface area contributed by atoms with Gasteiger partial charge in [-0.25, -0.2) is 0 Å². The van der Waals surface area contributed by atoms with Gasteiger partial charge in [-0.2, -0.15) is 0 Å². The quantitative estimate of drug-likeness (QED) is 0.495. The Morgan fingerprint density at radius 3 is 2.47 bits per heavy atom. The molecular formula is C15H12Br2Cl2. The lowest BCUT2D eigenvalue weighted by molar-refractivity contribution is 0.775. The standard InChI is InChI=1S/C15H12Br2Cl2/c16-9-12(10-3-1-5-13(17)8-10)7-11-4-2-6-14(18)15(11)19/h1-6,8,12H,7,9H2. The van der Waals surface area contributed by atoms with Crippen LogP contribution in [0, 0.1) is 0 Å². The zero-order valence-corrected chi connectivity index (χ0v) is 14.7. The lowest BCUT2D eigenvalue weighted by Crippen LogP contribution is -2.05. The van der Waals surface area contributed by atoms with E-state index >= 15 is 0 Å². The summed E-state index contributed by atoms with van der Waals surface area (Å²) in [5.74, 6) is 0.369. The molecule has 0 aliphatic rings. The minimum atomic E-state index is 0.369. The van der Waals surface area contributed by atoms with Crippen LogP contribution in [0.25, 0.3) is 0 Å². The Morgan fingerprint density at radius 1 is 1.05 bits per heavy atom. The van der Waals surface area contributed by atoms with Crippen molar-refractivity contribution in [2.24, 2.45) is 0 Å². The Kier molecular flexibility index (Phi) is 5.76. The first-order valence-electron chi connectivity index (χ1n) is 5.86. The zero-order chi connectivity index (χ0) is 13.8. The Hall–Kier alpha value is -0.0200. The summed E-state index contributed by atoms with van der Waals surface area (Å²) in [5, 5.41) is 2.15. The summed E-state index contributed by atoms with van der Waals surface area (Å²) in [7, 11) is 0. The van der Waals surface area contributed by atoms with Gasteiger partial charge in [-0.15, -0.1) is 0 Å². The molecule has 0 saturated heterocycles. The van der Waals surface area contributed by atoms with Crippen LogP contribution in [0.15, 0.2) is 46.9 Å². The zero-order valence-electron chi connectivity index (χ0n) is 10.0. The molecule has 2 aromatic rings. The molecule has 0 heterocycles. The van der Waals surface area contributed by atoms with Crippen molar-refractivity contribution in [3.63, 3.8) is 0 Å². The van der Waals surface area contributed by atoms with Gasteiger partial charge in [-0.1, -0.05) is 79.3 Å². The predicted octanol–water partition coefficient (Wildman–Crippen LogP) is 6.48. The summed E-state index contributed by atoms with van der Waals surface area (Å²) >= 11 is 19.4. The highest BCUT2D eigenvalue weighted by Crippen LogP contribution is 2.31. The molecule has 0 N–H and O–H groups in total. The maximum absolute atomic E-state index is 6.26. The summed E-state index contributed by atoms with van der Waals surface area (Å²) in [5.41, 5.74) is 2.36. The van der Waals surface area contributed by atoms with Gasteiger partial charge >= 0.3 is 0 Å². The molecule has 1 atom stereocenters. The van der Waals surface area contributed by atoms with Gasteiger partial charge in [0.1, 0.15) is 0 Å². The molecule has 0 aromatic heterocycles. The van der Waals surface area contributed by atoms with E-state index in [1.54, 1.807) is 0 Å². The van der Waals surface area contributed by atoms with E-state index in [9.17, 15) is 0 Å². The van der Waals surface area contributed by atoms with E-state index in [2.05, 4.69) is 50.1 Å². The largest absolute Gasteiger partial charge is 0.0921 e. The molecule has 0 aliphatic carbocycles. The Labute approximate surface area is 140 Å². The summed E-state index contributed by atoms with van der Waals surface area (Å²) in [6, 6.07) is 14.1. The van der Waals surface area contributed by atoms with Gasteiger partial charge < -0.3 is 0 Å². The second-order valence-corrected chi connectivity index (χ2v) is 6.67. The van der Waals surface area contributed by atoms with Crippen LogP contribution in [-0.2, 0) is 6.42 Å². The van der Waals surface area contributed by atoms with Crippen LogP contribution in [0.1, 0.15) is 17.0 Å². The van der Waals surface area contributed by atoms with Gasteiger partial charge in [0.15, 0.2) is 0 Å². The van der Waals surface area contributed by atoms with Gasteiger partial charge in [-0.05, 0) is 41.7 Å². The monoisotopic (exact) mass is 420 g/mol. The Bertz CT molecular complexity index is 570. The number of halogens is 4. The number of alkyl halides is 1. The summed E-state index contributed by atoms with van der Waals surface area (Å²) in [6.07, 6.45) is 0.862. The molecular weight excluding hydrogens is 411 g/mol. The maximum atomic E-state index is 6.26. The van der Waals surface area contributed by atoms with Crippen LogP contribution in [-0.4, -0.2) is 5.33 Å². The van der Waals surface area contributed by atoms with Crippen molar-refractivity contribution in [2.45, 2.75) is 12.3 Å². The van der Waals surface area contributed by atoms with Gasteiger partial charge in [0.25, 0.3) is 0 Å². The van der Waals surface area contributed by atoms with Crippen LogP contribution in [0.2, 0.25) is 10.0 Å². The third-order valence-electron chi connectivity index (χ3n) is 3.00. The molecule has 0 fully saturated rings. The molecule has 100 valence electrons. The second-order valence-electron chi connectivity index (χ2n) is 4.32. The molecule has 19 heavy (non-hydrogen) atoms. The van der Waals surface area contributed by atoms with E-state index in [0.29, 0.717) is 16.0 Å². The third kappa shape index (κ3) is 3.98. The first kappa shape index (κ1) is 15.4. The number of hydrogen-bond donors (Lipinski definition) is 0. The number of benzene rings is 2. The van der Waals surface area contributed by atoms with Crippen LogP contribution in [0.4, 0.5) is 0 Å². The van der Waals surface area contributed by atoms with E-state index < -0.39 is 0 Å². The van der Waals surface area contributed by atoms with E-state index in [1.807, 2.05) is 24.3 Å². The molecule has 0 bridgehead atoms. The van der Waals surface area contributed by atoms with Crippen molar-refractivity contribution in [3.8, 4) is 0 Å². The fourth-order valence-electron chi connectivity index (χ4n) is 1.99. The molecule has 2 aromatic carbocycles. The van der Waals surface area contributed by atoms with Crippen LogP contribution in [0.5, 0.6) is 0 Å². The summed E-state index contributed by atoms with van der Waals surface area (Å²) < 4.78 is 1.09. The van der Waals surface area contributed by atoms with Crippen molar-refractivity contribution >= 4 is 55.1 Å². The lowest BCUT2D eigenvalue weighted by atomic mass is 9.94. The summed E-state index contributed by atoms with van der Waals surface area (Å²) in [6.45, 7) is 0. The highest BCUT2D eigenvalue weighted by atomic mass is 79.9. The fraction of sp³-hybridized carbons (Fsp3) is 0.200. The molecule has 0 radical (unpaired) electrons. The van der Waals surface area contributed by atoms with Crippen LogP contribution >= 0.6 is 55.1 Å². The number of rotatable bonds is 4. The van der Waals surface area contributed by atoms with Gasteiger partial charge in [-0.3, -0.25) is 0 Å². The fourth-order valence-corrected chi connectivity index (χ4v) is 3.41. The Morgan fingerprint density at radius 2 is 1.79 bits per heavy atom. The minimum Gasteiger partial charge on any atom is -0.0921 e. The first-order chi connectivity index (χ1) is 9.11. The van der Waals surface area contributed by atoms with E-state index in [4.69, 9.17) is 23.2 Å². The van der Waals surface area contributed by atoms with Gasteiger partial charge in [0, 0.05) is 9.80 Å². The SMILES string of the molecule is Clc1cccc(CC(CBr)c2cccc(Br)c2)c1Cl. The molecule has 0 spiro atoms. The van der Waals surface area contributed by atoms with E-state index in [0.717, 1.165) is 21.8 Å². The first-order valence-corrected chi connectivity index (χ1v) is 8.53. The molecule has 4 heteroatoms. The highest BCUT2D eigenvalue weighted by molar-refractivity contribution is 9.10. The molecule has 0 aliphatic heterocycles. The van der Waals surface area contributed by atoms with Crippen molar-refractivity contribution in [3.05, 3.63) is 68.1 Å². The van der Waals surface area contributed by atoms with Crippen molar-refractivity contribution in [1.82, 2.24) is 0 Å². The Balaban J connectivity index is 2.26. The molecule has 1 unspecified atom stereocenters. The normalized spacial score (nSPS) is 12.4. The lowest BCUT2D eigenvalue weighted by Gasteiger charge is -2.16. The molecule has 0 amide bonds. The topological polar surface area (TPSA) is 0 Å². The molecule has 0 saturated carbocycles. The molecule has 2 rings (SSSR count). The predicted molar refractivity (Wildman–Crippen MR) is 90.8 cm³/mol. The maximum Gasteiger partial charge on any atom is 0.0624 e. The third-order valence-corrected chi connectivity index (χ3v) is 5.14. The van der Waals surface area contributed by atoms with E-state index in [1.165, 1.54) is 5.56 Å². The summed E-state index contributed by atoms with van der Waals surface area (Å²) in [4.78, 5) is 0. The molecule has 0 nitrogen and oxygen atoms in total. The van der Waals surface area contributed by atoms with E-state index in [-0.39, 0.29) is 0 Å². The van der Waals surface area contributed by atoms with Crippen LogP contribution < -0.4 is 0 Å². The van der Waals surface area contributed by atoms with Crippen molar-refractivity contribution in [1.29, 1.82) is 0 Å². The highest BCUT2D eigenvalue weighted by Gasteiger charge is 2.14. The van der Waals surface area contributed by atoms with Crippen LogP contribution in [0.3, 0.4) is 0 Å². The van der Waals surface area contributed by atoms with Gasteiger partial charge in [0.05, 0.1) is 10.0 Å². The smallest absolute Gasteiger partial charge is 0.0624 e. The van der Waals surface area contributed by atoms with Crippen molar-refractivity contribution < 1.29 is 0 Å². The minimum absolute atomic E-state index is 0.369. The number of hydrogen-bond acceptors (Lipinski definition) is 0. The second kappa shape index (κ2) is 7.12. The average Bonchev–Trinajstić information content (AvgIpc) is 2.40. The van der Waals surface area contributed by atoms with Crippen molar-refractivity contribution in [2.75, 3.05) is 5.33 Å². The van der Waals surface area contributed by atoms with Gasteiger partial charge in [0.2, 0.25) is 0 Å². The average molecular weight is 423 g/mol.